The van der Waals surface area contributed by atoms with E-state index in [0.717, 1.165) is 0 Å². The average molecular weight is 116 g/mol. The lowest BCUT2D eigenvalue weighted by Gasteiger charge is -2.01. The summed E-state index contributed by atoms with van der Waals surface area (Å²) in [5.41, 5.74) is 4.02. The predicted octanol–water partition coefficient (Wildman–Crippen LogP) is -0.0816. The fraction of sp³-hybridized carbons (Fsp3) is 0.800. The molecule has 0 fully saturated rings. The number of rotatable bonds is 0. The maximum Gasteiger partial charge on any atom is 0.0860 e. The molecule has 0 unspecified atom stereocenters. The van der Waals surface area contributed by atoms with Gasteiger partial charge in [0, 0.05) is 0 Å². The predicted molar refractivity (Wildman–Crippen MR) is 31.7 cm³/mol. The van der Waals surface area contributed by atoms with Crippen molar-refractivity contribution < 1.29 is 10.5 Å². The third-order valence-corrected chi connectivity index (χ3v) is 0. The van der Waals surface area contributed by atoms with Crippen molar-refractivity contribution in [2.75, 3.05) is 0 Å². The van der Waals surface area contributed by atoms with E-state index in [9.17, 15) is 0 Å². The topological polar surface area (TPSA) is 67.0 Å². The number of carbonyl (C=O) groups excluding carboxylic acids is 1. The molecule has 0 saturated carbocycles. The van der Waals surface area contributed by atoms with Gasteiger partial charge in [0.25, 0.3) is 0 Å². The summed E-state index contributed by atoms with van der Waals surface area (Å²) in [4.78, 5) is 8.24. The summed E-state index contributed by atoms with van der Waals surface area (Å²) in [7, 11) is 0. The van der Waals surface area contributed by atoms with Gasteiger partial charge in [-0.15, -0.1) is 0 Å². The van der Waals surface area contributed by atoms with Gasteiger partial charge in [0.2, 0.25) is 0 Å². The van der Waals surface area contributed by atoms with Crippen LogP contribution in [0.1, 0.15) is 20.8 Å². The summed E-state index contributed by atoms with van der Waals surface area (Å²) >= 11 is 0. The Hall–Kier alpha value is -0.660. The number of isocyanates is 1. The molecule has 0 rings (SSSR count). The molecule has 0 spiro atoms. The van der Waals surface area contributed by atoms with Gasteiger partial charge in [0.1, 0.15) is 0 Å². The fourth-order valence-corrected chi connectivity index (χ4v) is 0. The Morgan fingerprint density at radius 1 is 1.50 bits per heavy atom. The molecule has 0 heterocycles. The van der Waals surface area contributed by atoms with Gasteiger partial charge in [-0.05, 0) is 26.9 Å². The number of quaternary nitrogens is 1. The van der Waals surface area contributed by atoms with Crippen molar-refractivity contribution >= 4 is 6.08 Å². The highest BCUT2D eigenvalue weighted by molar-refractivity contribution is 5.36. The van der Waals surface area contributed by atoms with Gasteiger partial charge in [-0.2, -0.15) is 0 Å². The maximum atomic E-state index is 8.24. The van der Waals surface area contributed by atoms with E-state index in [1.807, 2.05) is 0 Å². The summed E-state index contributed by atoms with van der Waals surface area (Å²) in [6, 6.07) is 0. The second kappa shape index (κ2) is 4.50. The zero-order valence-electron chi connectivity index (χ0n) is 5.56. The molecule has 0 atom stereocenters. The minimum absolute atomic E-state index is 0.250. The van der Waals surface area contributed by atoms with E-state index in [4.69, 9.17) is 10.2 Å². The summed E-state index contributed by atoms with van der Waals surface area (Å²) in [5.74, 6) is 0. The molecule has 0 bridgehead atoms. The molecule has 0 aromatic heterocycles. The minimum Gasteiger partial charge on any atom is -0.724 e. The normalized spacial score (nSPS) is 8.50. The Balaban J connectivity index is 0. The molecule has 0 amide bonds. The van der Waals surface area contributed by atoms with E-state index < -0.39 is 0 Å². The van der Waals surface area contributed by atoms with Crippen molar-refractivity contribution in [1.29, 1.82) is 0 Å². The van der Waals surface area contributed by atoms with Crippen LogP contribution in [0.25, 0.3) is 5.41 Å². The van der Waals surface area contributed by atoms with Crippen LogP contribution in [0.5, 0.6) is 0 Å². The Bertz CT molecular complexity index is 70.9. The molecule has 3 heteroatoms. The van der Waals surface area contributed by atoms with Crippen molar-refractivity contribution in [1.82, 2.24) is 0 Å². The highest BCUT2D eigenvalue weighted by Gasteiger charge is 2.00. The molecular formula is C5H12N2O. The number of nitrogens with zero attached hydrogens (tertiary/aromatic N) is 1. The Labute approximate surface area is 49.4 Å². The van der Waals surface area contributed by atoms with E-state index in [1.165, 1.54) is 0 Å². The van der Waals surface area contributed by atoms with Crippen molar-refractivity contribution in [3.8, 4) is 0 Å². The van der Waals surface area contributed by atoms with Gasteiger partial charge >= 0.3 is 0 Å². The van der Waals surface area contributed by atoms with Crippen molar-refractivity contribution in [3.05, 3.63) is 5.41 Å². The first-order chi connectivity index (χ1) is 3.41. The first-order valence-corrected chi connectivity index (χ1v) is 2.28. The van der Waals surface area contributed by atoms with Crippen LogP contribution in [-0.4, -0.2) is 11.6 Å². The summed E-state index contributed by atoms with van der Waals surface area (Å²) < 4.78 is 0. The van der Waals surface area contributed by atoms with Gasteiger partial charge in [0.15, 0.2) is 0 Å². The number of hydrogen-bond acceptors (Lipinski definition) is 1. The van der Waals surface area contributed by atoms with E-state index in [2.05, 4.69) is 26.5 Å². The molecule has 0 aliphatic carbocycles. The molecule has 0 radical (unpaired) electrons. The molecule has 0 aromatic carbocycles. The van der Waals surface area contributed by atoms with E-state index in [0.29, 0.717) is 6.08 Å². The Morgan fingerprint density at radius 2 is 1.50 bits per heavy atom. The van der Waals surface area contributed by atoms with Crippen LogP contribution in [0.3, 0.4) is 0 Å². The SMILES string of the molecule is CC(C)(C)[NH3+].[N-]=C=O. The highest BCUT2D eigenvalue weighted by atomic mass is 16.1. The van der Waals surface area contributed by atoms with Gasteiger partial charge in [-0.1, -0.05) is 0 Å². The lowest BCUT2D eigenvalue weighted by Crippen LogP contribution is -2.67. The van der Waals surface area contributed by atoms with Gasteiger partial charge < -0.3 is 11.1 Å². The van der Waals surface area contributed by atoms with Crippen LogP contribution < -0.4 is 5.73 Å². The lowest BCUT2D eigenvalue weighted by atomic mass is 10.1. The Kier molecular flexibility index (Phi) is 5.82. The molecule has 48 valence electrons. The molecule has 0 aromatic rings. The zero-order valence-corrected chi connectivity index (χ0v) is 5.56. The molecular weight excluding hydrogens is 104 g/mol. The first-order valence-electron chi connectivity index (χ1n) is 2.28. The van der Waals surface area contributed by atoms with Crippen molar-refractivity contribution in [3.63, 3.8) is 0 Å². The van der Waals surface area contributed by atoms with Gasteiger partial charge in [-0.3, -0.25) is 4.79 Å². The van der Waals surface area contributed by atoms with E-state index in [1.54, 1.807) is 0 Å². The van der Waals surface area contributed by atoms with Gasteiger partial charge in [0.05, 0.1) is 5.54 Å². The van der Waals surface area contributed by atoms with Crippen LogP contribution in [-0.2, 0) is 4.79 Å². The van der Waals surface area contributed by atoms with Crippen LogP contribution >= 0.6 is 0 Å². The van der Waals surface area contributed by atoms with Gasteiger partial charge in [-0.25, -0.2) is 0 Å². The largest absolute Gasteiger partial charge is 0.724 e. The minimum atomic E-state index is 0.250. The van der Waals surface area contributed by atoms with Crippen LogP contribution in [0.2, 0.25) is 0 Å². The average Bonchev–Trinajstić information content (AvgIpc) is 1.27. The fourth-order valence-electron chi connectivity index (χ4n) is 0. The van der Waals surface area contributed by atoms with Crippen LogP contribution in [0, 0.1) is 0 Å². The maximum absolute atomic E-state index is 8.24. The highest BCUT2D eigenvalue weighted by Crippen LogP contribution is 1.84. The summed E-state index contributed by atoms with van der Waals surface area (Å²) in [6.45, 7) is 6.23. The standard InChI is InChI=1S/C4H11N.CNO/c1-4(2,3)5;2-1-3/h5H2,1-3H3;/q;-1/p+1. The smallest absolute Gasteiger partial charge is 0.0860 e. The molecule has 0 aliphatic rings. The second-order valence-electron chi connectivity index (χ2n) is 2.65. The van der Waals surface area contributed by atoms with Crippen LogP contribution in [0.4, 0.5) is 0 Å². The quantitative estimate of drug-likeness (QED) is 0.349. The number of hydrogen-bond donors (Lipinski definition) is 1. The molecule has 0 saturated heterocycles. The van der Waals surface area contributed by atoms with Crippen molar-refractivity contribution in [2.24, 2.45) is 0 Å². The van der Waals surface area contributed by atoms with E-state index >= 15 is 0 Å². The molecule has 0 aliphatic heterocycles. The van der Waals surface area contributed by atoms with E-state index in [-0.39, 0.29) is 5.54 Å². The summed E-state index contributed by atoms with van der Waals surface area (Å²) in [6.07, 6.45) is 0.500. The molecule has 3 nitrogen and oxygen atoms in total. The Morgan fingerprint density at radius 3 is 1.50 bits per heavy atom. The second-order valence-corrected chi connectivity index (χ2v) is 2.65. The molecule has 8 heavy (non-hydrogen) atoms. The molecule has 3 N–H and O–H groups in total. The zero-order chi connectivity index (χ0) is 7.21. The first kappa shape index (κ1) is 10.3. The third kappa shape index (κ3) is 231. The monoisotopic (exact) mass is 116 g/mol. The third-order valence-electron chi connectivity index (χ3n) is 0. The summed E-state index contributed by atoms with van der Waals surface area (Å²) in [5, 5.41) is 6.76. The van der Waals surface area contributed by atoms with Crippen molar-refractivity contribution in [2.45, 2.75) is 26.3 Å². The van der Waals surface area contributed by atoms with Crippen LogP contribution in [0.15, 0.2) is 0 Å². The lowest BCUT2D eigenvalue weighted by molar-refractivity contribution is -0.458.